The Morgan fingerprint density at radius 1 is 1.38 bits per heavy atom. The van der Waals surface area contributed by atoms with Crippen molar-refractivity contribution in [2.75, 3.05) is 0 Å². The van der Waals surface area contributed by atoms with E-state index in [2.05, 4.69) is 20.3 Å². The van der Waals surface area contributed by atoms with Gasteiger partial charge in [0.05, 0.1) is 30.2 Å². The summed E-state index contributed by atoms with van der Waals surface area (Å²) in [5.74, 6) is 0. The van der Waals surface area contributed by atoms with Crippen LogP contribution in [-0.2, 0) is 6.54 Å². The minimum Gasteiger partial charge on any atom is -0.387 e. The minimum atomic E-state index is -0.557. The van der Waals surface area contributed by atoms with Gasteiger partial charge in [0.2, 0.25) is 0 Å². The molecule has 1 atom stereocenters. The lowest BCUT2D eigenvalue weighted by Gasteiger charge is -2.00. The topological polar surface area (TPSA) is 76.7 Å². The van der Waals surface area contributed by atoms with E-state index in [-0.39, 0.29) is 0 Å². The summed E-state index contributed by atoms with van der Waals surface area (Å²) in [4.78, 5) is 8.84. The van der Waals surface area contributed by atoms with E-state index >= 15 is 0 Å². The highest BCUT2D eigenvalue weighted by atomic mass is 32.1. The second-order valence-corrected chi connectivity index (χ2v) is 5.48. The Morgan fingerprint density at radius 3 is 3.05 bits per heavy atom. The van der Waals surface area contributed by atoms with E-state index < -0.39 is 6.10 Å². The van der Waals surface area contributed by atoms with E-state index in [0.29, 0.717) is 18.7 Å². The zero-order valence-electron chi connectivity index (χ0n) is 11.5. The van der Waals surface area contributed by atoms with E-state index in [1.54, 1.807) is 28.4 Å². The van der Waals surface area contributed by atoms with Gasteiger partial charge in [-0.3, -0.25) is 4.98 Å². The molecule has 0 aliphatic heterocycles. The van der Waals surface area contributed by atoms with E-state index in [9.17, 15) is 5.11 Å². The van der Waals surface area contributed by atoms with Crippen LogP contribution in [0.25, 0.3) is 10.7 Å². The summed E-state index contributed by atoms with van der Waals surface area (Å²) < 4.78 is 1.69. The number of pyridine rings is 1. The smallest absolute Gasteiger partial charge is 0.142 e. The number of rotatable bonds is 5. The van der Waals surface area contributed by atoms with Gasteiger partial charge in [0, 0.05) is 11.6 Å². The van der Waals surface area contributed by atoms with E-state index in [1.807, 2.05) is 30.5 Å². The molecule has 0 saturated heterocycles. The van der Waals surface area contributed by atoms with Gasteiger partial charge in [-0.15, -0.1) is 16.4 Å². The summed E-state index contributed by atoms with van der Waals surface area (Å²) in [5.41, 5.74) is 2.37. The molecule has 0 saturated carbocycles. The van der Waals surface area contributed by atoms with Gasteiger partial charge in [0.15, 0.2) is 0 Å². The molecule has 0 amide bonds. The summed E-state index contributed by atoms with van der Waals surface area (Å²) in [6.45, 7) is 2.44. The molecule has 0 fully saturated rings. The van der Waals surface area contributed by atoms with Gasteiger partial charge < -0.3 is 5.11 Å². The van der Waals surface area contributed by atoms with Gasteiger partial charge in [-0.25, -0.2) is 9.67 Å². The van der Waals surface area contributed by atoms with Crippen molar-refractivity contribution in [3.63, 3.8) is 0 Å². The highest BCUT2D eigenvalue weighted by Gasteiger charge is 2.11. The molecule has 7 heteroatoms. The fraction of sp³-hybridized carbons (Fsp3) is 0.286. The number of aliphatic hydroxyl groups excluding tert-OH is 1. The summed E-state index contributed by atoms with van der Waals surface area (Å²) in [6.07, 6.45) is 3.58. The first-order chi connectivity index (χ1) is 10.3. The van der Waals surface area contributed by atoms with Crippen LogP contribution < -0.4 is 0 Å². The molecular weight excluding hydrogens is 286 g/mol. The van der Waals surface area contributed by atoms with Gasteiger partial charge in [0.1, 0.15) is 10.7 Å². The average Bonchev–Trinajstić information content (AvgIpc) is 3.17. The largest absolute Gasteiger partial charge is 0.387 e. The highest BCUT2D eigenvalue weighted by molar-refractivity contribution is 7.13. The van der Waals surface area contributed by atoms with Crippen LogP contribution in [0.1, 0.15) is 30.8 Å². The van der Waals surface area contributed by atoms with Crippen molar-refractivity contribution in [2.24, 2.45) is 0 Å². The van der Waals surface area contributed by atoms with Crippen molar-refractivity contribution in [1.29, 1.82) is 0 Å². The van der Waals surface area contributed by atoms with Crippen LogP contribution in [0.5, 0.6) is 0 Å². The zero-order valence-corrected chi connectivity index (χ0v) is 12.4. The van der Waals surface area contributed by atoms with E-state index in [0.717, 1.165) is 16.4 Å². The van der Waals surface area contributed by atoms with Crippen LogP contribution in [0.15, 0.2) is 36.0 Å². The SMILES string of the molecule is CCC(O)c1cn(Cc2csc(-c3ccccn3)n2)nn1. The second-order valence-electron chi connectivity index (χ2n) is 4.62. The number of aromatic nitrogens is 5. The van der Waals surface area contributed by atoms with Crippen molar-refractivity contribution in [3.05, 3.63) is 47.4 Å². The Morgan fingerprint density at radius 2 is 2.29 bits per heavy atom. The standard InChI is InChI=1S/C14H15N5OS/c1-2-13(20)12-8-19(18-17-12)7-10-9-21-14(16-10)11-5-3-4-6-15-11/h3-6,8-9,13,20H,2,7H2,1H3. The summed E-state index contributed by atoms with van der Waals surface area (Å²) in [6, 6.07) is 5.76. The van der Waals surface area contributed by atoms with E-state index in [4.69, 9.17) is 0 Å². The first kappa shape index (κ1) is 13.8. The van der Waals surface area contributed by atoms with E-state index in [1.165, 1.54) is 0 Å². The predicted molar refractivity (Wildman–Crippen MR) is 79.7 cm³/mol. The van der Waals surface area contributed by atoms with Gasteiger partial charge in [0.25, 0.3) is 0 Å². The van der Waals surface area contributed by atoms with Crippen molar-refractivity contribution < 1.29 is 5.11 Å². The van der Waals surface area contributed by atoms with Crippen LogP contribution in [0.4, 0.5) is 0 Å². The maximum absolute atomic E-state index is 9.72. The van der Waals surface area contributed by atoms with Crippen LogP contribution in [0.2, 0.25) is 0 Å². The third kappa shape index (κ3) is 3.14. The molecule has 108 valence electrons. The molecule has 1 unspecified atom stereocenters. The molecule has 1 N–H and O–H groups in total. The van der Waals surface area contributed by atoms with Gasteiger partial charge in [-0.2, -0.15) is 0 Å². The minimum absolute atomic E-state index is 0.534. The predicted octanol–water partition coefficient (Wildman–Crippen LogP) is 2.29. The summed E-state index contributed by atoms with van der Waals surface area (Å²) in [5, 5.41) is 20.6. The van der Waals surface area contributed by atoms with Crippen LogP contribution in [0, 0.1) is 0 Å². The molecule has 0 aliphatic rings. The second kappa shape index (κ2) is 6.11. The lowest BCUT2D eigenvalue weighted by molar-refractivity contribution is 0.168. The maximum atomic E-state index is 9.72. The molecule has 0 bridgehead atoms. The third-order valence-corrected chi connectivity index (χ3v) is 3.96. The van der Waals surface area contributed by atoms with Crippen LogP contribution >= 0.6 is 11.3 Å². The zero-order chi connectivity index (χ0) is 14.7. The Kier molecular flexibility index (Phi) is 4.03. The van der Waals surface area contributed by atoms with Gasteiger partial charge in [-0.1, -0.05) is 18.2 Å². The first-order valence-corrected chi connectivity index (χ1v) is 7.58. The Bertz CT molecular complexity index is 709. The fourth-order valence-electron chi connectivity index (χ4n) is 1.90. The molecule has 0 aromatic carbocycles. The molecule has 0 aliphatic carbocycles. The fourth-order valence-corrected chi connectivity index (χ4v) is 2.69. The Hall–Kier alpha value is -2.12. The maximum Gasteiger partial charge on any atom is 0.142 e. The lowest BCUT2D eigenvalue weighted by atomic mass is 10.2. The van der Waals surface area contributed by atoms with Crippen molar-refractivity contribution in [2.45, 2.75) is 26.0 Å². The average molecular weight is 301 g/mol. The van der Waals surface area contributed by atoms with Crippen LogP contribution in [-0.4, -0.2) is 30.1 Å². The number of hydrogen-bond donors (Lipinski definition) is 1. The van der Waals surface area contributed by atoms with Crippen LogP contribution in [0.3, 0.4) is 0 Å². The normalized spacial score (nSPS) is 12.5. The Balaban J connectivity index is 1.74. The monoisotopic (exact) mass is 301 g/mol. The number of nitrogens with zero attached hydrogens (tertiary/aromatic N) is 5. The highest BCUT2D eigenvalue weighted by Crippen LogP contribution is 2.21. The quantitative estimate of drug-likeness (QED) is 0.782. The molecule has 3 aromatic heterocycles. The van der Waals surface area contributed by atoms with Crippen molar-refractivity contribution >= 4 is 11.3 Å². The molecule has 0 radical (unpaired) electrons. The van der Waals surface area contributed by atoms with Crippen molar-refractivity contribution in [1.82, 2.24) is 25.0 Å². The Labute approximate surface area is 126 Å². The molecular formula is C14H15N5OS. The summed E-state index contributed by atoms with van der Waals surface area (Å²) in [7, 11) is 0. The number of aliphatic hydroxyl groups is 1. The molecule has 0 spiro atoms. The number of thiazole rings is 1. The van der Waals surface area contributed by atoms with Gasteiger partial charge >= 0.3 is 0 Å². The molecule has 3 rings (SSSR count). The first-order valence-electron chi connectivity index (χ1n) is 6.70. The van der Waals surface area contributed by atoms with Gasteiger partial charge in [-0.05, 0) is 18.6 Å². The third-order valence-electron chi connectivity index (χ3n) is 3.04. The molecule has 6 nitrogen and oxygen atoms in total. The molecule has 21 heavy (non-hydrogen) atoms. The number of hydrogen-bond acceptors (Lipinski definition) is 6. The molecule has 3 aromatic rings. The molecule has 3 heterocycles. The van der Waals surface area contributed by atoms with Crippen molar-refractivity contribution in [3.8, 4) is 10.7 Å². The lowest BCUT2D eigenvalue weighted by Crippen LogP contribution is -2.00. The summed E-state index contributed by atoms with van der Waals surface area (Å²) >= 11 is 1.55.